The Bertz CT molecular complexity index is 540. The molecule has 0 atom stereocenters. The second-order valence-corrected chi connectivity index (χ2v) is 6.41. The largest absolute Gasteiger partial charge is 0.362 e. The van der Waals surface area contributed by atoms with Gasteiger partial charge < -0.3 is 5.32 Å². The van der Waals surface area contributed by atoms with Crippen LogP contribution in [0.25, 0.3) is 10.6 Å². The van der Waals surface area contributed by atoms with Gasteiger partial charge in [-0.05, 0) is 26.2 Å². The van der Waals surface area contributed by atoms with Gasteiger partial charge in [-0.3, -0.25) is 0 Å². The molecular weight excluding hydrogens is 262 g/mol. The van der Waals surface area contributed by atoms with Crippen molar-refractivity contribution in [2.24, 2.45) is 0 Å². The molecule has 1 saturated carbocycles. The molecule has 3 nitrogen and oxygen atoms in total. The summed E-state index contributed by atoms with van der Waals surface area (Å²) >= 11 is 3.52. The number of thiazole rings is 2. The fourth-order valence-electron chi connectivity index (χ4n) is 1.93. The highest BCUT2D eigenvalue weighted by atomic mass is 32.1. The van der Waals surface area contributed by atoms with E-state index in [-0.39, 0.29) is 0 Å². The van der Waals surface area contributed by atoms with Crippen LogP contribution >= 0.6 is 22.7 Å². The fraction of sp³-hybridized carbons (Fsp3) is 0.538. The van der Waals surface area contributed by atoms with Crippen molar-refractivity contribution >= 4 is 27.8 Å². The first-order chi connectivity index (χ1) is 8.81. The molecule has 1 N–H and O–H groups in total. The van der Waals surface area contributed by atoms with Gasteiger partial charge >= 0.3 is 0 Å². The third kappa shape index (κ3) is 2.29. The first-order valence-electron chi connectivity index (χ1n) is 6.51. The molecule has 1 aliphatic rings. The summed E-state index contributed by atoms with van der Waals surface area (Å²) in [6.07, 6.45) is 3.62. The van der Waals surface area contributed by atoms with Crippen LogP contribution in [0.3, 0.4) is 0 Å². The summed E-state index contributed by atoms with van der Waals surface area (Å²) < 4.78 is 0. The predicted octanol–water partition coefficient (Wildman–Crippen LogP) is 4.14. The lowest BCUT2D eigenvalue weighted by Crippen LogP contribution is -1.95. The van der Waals surface area contributed by atoms with Gasteiger partial charge in [0.2, 0.25) is 0 Å². The number of rotatable bonds is 5. The molecule has 2 aromatic rings. The Morgan fingerprint density at radius 1 is 1.33 bits per heavy atom. The molecule has 96 valence electrons. The van der Waals surface area contributed by atoms with Gasteiger partial charge in [0.25, 0.3) is 0 Å². The lowest BCUT2D eigenvalue weighted by molar-refractivity contribution is 0.997. The standard InChI is InChI=1S/C13H17N3S2/c1-3-9-11(18-12(15-9)8-5-6-8)10-7-17-13(16-10)14-4-2/h7-8H,3-6H2,1-2H3,(H,14,16). The van der Waals surface area contributed by atoms with Crippen LogP contribution in [-0.4, -0.2) is 16.5 Å². The predicted molar refractivity (Wildman–Crippen MR) is 78.7 cm³/mol. The number of aryl methyl sites for hydroxylation is 1. The first-order valence-corrected chi connectivity index (χ1v) is 8.20. The third-order valence-corrected chi connectivity index (χ3v) is 5.12. The Hall–Kier alpha value is -0.940. The van der Waals surface area contributed by atoms with Gasteiger partial charge in [0.05, 0.1) is 21.3 Å². The van der Waals surface area contributed by atoms with E-state index in [1.54, 1.807) is 11.3 Å². The van der Waals surface area contributed by atoms with Crippen molar-refractivity contribution in [2.75, 3.05) is 11.9 Å². The Morgan fingerprint density at radius 3 is 2.83 bits per heavy atom. The van der Waals surface area contributed by atoms with Crippen LogP contribution in [0.5, 0.6) is 0 Å². The van der Waals surface area contributed by atoms with Crippen LogP contribution in [0.15, 0.2) is 5.38 Å². The highest BCUT2D eigenvalue weighted by Gasteiger charge is 2.28. The average Bonchev–Trinajstić information content (AvgIpc) is 2.98. The van der Waals surface area contributed by atoms with E-state index in [0.717, 1.165) is 29.7 Å². The maximum Gasteiger partial charge on any atom is 0.183 e. The normalized spacial score (nSPS) is 15.0. The van der Waals surface area contributed by atoms with Crippen LogP contribution < -0.4 is 5.32 Å². The number of nitrogens with zero attached hydrogens (tertiary/aromatic N) is 2. The molecule has 0 bridgehead atoms. The van der Waals surface area contributed by atoms with Gasteiger partial charge in [-0.1, -0.05) is 6.92 Å². The zero-order valence-electron chi connectivity index (χ0n) is 10.7. The lowest BCUT2D eigenvalue weighted by Gasteiger charge is -1.95. The van der Waals surface area contributed by atoms with E-state index in [2.05, 4.69) is 29.5 Å². The second-order valence-electron chi connectivity index (χ2n) is 4.52. The van der Waals surface area contributed by atoms with E-state index in [4.69, 9.17) is 4.98 Å². The first kappa shape index (κ1) is 12.1. The van der Waals surface area contributed by atoms with Crippen molar-refractivity contribution in [1.29, 1.82) is 0 Å². The van der Waals surface area contributed by atoms with Gasteiger partial charge in [-0.2, -0.15) is 0 Å². The molecular formula is C13H17N3S2. The molecule has 2 aromatic heterocycles. The molecule has 3 rings (SSSR count). The van der Waals surface area contributed by atoms with Crippen molar-refractivity contribution < 1.29 is 0 Å². The van der Waals surface area contributed by atoms with Crippen molar-refractivity contribution in [3.8, 4) is 10.6 Å². The molecule has 0 amide bonds. The highest BCUT2D eigenvalue weighted by molar-refractivity contribution is 7.17. The summed E-state index contributed by atoms with van der Waals surface area (Å²) in [4.78, 5) is 10.7. The molecule has 18 heavy (non-hydrogen) atoms. The van der Waals surface area contributed by atoms with Crippen LogP contribution in [0.1, 0.15) is 43.3 Å². The quantitative estimate of drug-likeness (QED) is 0.894. The lowest BCUT2D eigenvalue weighted by atomic mass is 10.2. The Kier molecular flexibility index (Phi) is 3.35. The van der Waals surface area contributed by atoms with Gasteiger partial charge in [-0.15, -0.1) is 22.7 Å². The summed E-state index contributed by atoms with van der Waals surface area (Å²) in [6, 6.07) is 0. The van der Waals surface area contributed by atoms with Gasteiger partial charge in [0, 0.05) is 17.8 Å². The van der Waals surface area contributed by atoms with Crippen molar-refractivity contribution in [3.05, 3.63) is 16.1 Å². The van der Waals surface area contributed by atoms with E-state index < -0.39 is 0 Å². The van der Waals surface area contributed by atoms with Crippen LogP contribution in [0.2, 0.25) is 0 Å². The Labute approximate surface area is 115 Å². The molecule has 1 fully saturated rings. The number of hydrogen-bond donors (Lipinski definition) is 1. The Balaban J connectivity index is 1.93. The summed E-state index contributed by atoms with van der Waals surface area (Å²) in [5.41, 5.74) is 2.31. The fourth-order valence-corrected chi connectivity index (χ4v) is 4.06. The minimum absolute atomic E-state index is 0.737. The van der Waals surface area contributed by atoms with E-state index in [1.165, 1.54) is 28.4 Å². The molecule has 2 heterocycles. The van der Waals surface area contributed by atoms with Crippen molar-refractivity contribution in [3.63, 3.8) is 0 Å². The molecule has 1 aliphatic carbocycles. The van der Waals surface area contributed by atoms with Gasteiger partial charge in [0.15, 0.2) is 5.13 Å². The average molecular weight is 279 g/mol. The SMILES string of the molecule is CCNc1nc(-c2sc(C3CC3)nc2CC)cs1. The minimum atomic E-state index is 0.737. The maximum absolute atomic E-state index is 4.79. The summed E-state index contributed by atoms with van der Waals surface area (Å²) in [7, 11) is 0. The summed E-state index contributed by atoms with van der Waals surface area (Å²) in [5, 5.41) is 7.74. The zero-order chi connectivity index (χ0) is 12.5. The summed E-state index contributed by atoms with van der Waals surface area (Å²) in [6.45, 7) is 5.19. The zero-order valence-corrected chi connectivity index (χ0v) is 12.3. The van der Waals surface area contributed by atoms with E-state index in [9.17, 15) is 0 Å². The van der Waals surface area contributed by atoms with Crippen molar-refractivity contribution in [2.45, 2.75) is 39.0 Å². The van der Waals surface area contributed by atoms with Crippen LogP contribution in [-0.2, 0) is 6.42 Å². The topological polar surface area (TPSA) is 37.8 Å². The molecule has 0 spiro atoms. The summed E-state index contributed by atoms with van der Waals surface area (Å²) in [5.74, 6) is 0.737. The monoisotopic (exact) mass is 279 g/mol. The number of nitrogens with one attached hydrogen (secondary N) is 1. The van der Waals surface area contributed by atoms with E-state index in [1.807, 2.05) is 11.3 Å². The molecule has 0 unspecified atom stereocenters. The molecule has 0 aliphatic heterocycles. The van der Waals surface area contributed by atoms with E-state index in [0.29, 0.717) is 0 Å². The maximum atomic E-state index is 4.79. The molecule has 0 radical (unpaired) electrons. The van der Waals surface area contributed by atoms with E-state index >= 15 is 0 Å². The molecule has 0 saturated heterocycles. The highest BCUT2D eigenvalue weighted by Crippen LogP contribution is 2.45. The molecule has 5 heteroatoms. The molecule has 0 aromatic carbocycles. The Morgan fingerprint density at radius 2 is 2.17 bits per heavy atom. The third-order valence-electron chi connectivity index (χ3n) is 3.04. The smallest absolute Gasteiger partial charge is 0.183 e. The van der Waals surface area contributed by atoms with Crippen LogP contribution in [0.4, 0.5) is 5.13 Å². The van der Waals surface area contributed by atoms with Gasteiger partial charge in [-0.25, -0.2) is 9.97 Å². The van der Waals surface area contributed by atoms with Gasteiger partial charge in [0.1, 0.15) is 0 Å². The van der Waals surface area contributed by atoms with Crippen molar-refractivity contribution in [1.82, 2.24) is 9.97 Å². The van der Waals surface area contributed by atoms with Crippen LogP contribution in [0, 0.1) is 0 Å². The second kappa shape index (κ2) is 4.97. The number of anilines is 1. The number of hydrogen-bond acceptors (Lipinski definition) is 5. The minimum Gasteiger partial charge on any atom is -0.362 e. The number of aromatic nitrogens is 2.